The Morgan fingerprint density at radius 1 is 0.871 bits per heavy atom. The number of ether oxygens (including phenoxy) is 2. The largest absolute Gasteiger partial charge is 0.497 e. The zero-order valence-corrected chi connectivity index (χ0v) is 18.0. The van der Waals surface area contributed by atoms with Gasteiger partial charge in [0, 0.05) is 40.7 Å². The molecule has 0 fully saturated rings. The van der Waals surface area contributed by atoms with Crippen LogP contribution >= 0.6 is 0 Å². The number of rotatable bonds is 5. The van der Waals surface area contributed by atoms with Crippen LogP contribution in [0.3, 0.4) is 0 Å². The molecule has 0 aliphatic rings. The third-order valence-electron chi connectivity index (χ3n) is 5.56. The van der Waals surface area contributed by atoms with Crippen LogP contribution in [0.15, 0.2) is 44.0 Å². The topological polar surface area (TPSA) is 90.9 Å². The molecule has 7 nitrogen and oxygen atoms in total. The van der Waals surface area contributed by atoms with Gasteiger partial charge in [-0.3, -0.25) is 4.79 Å². The van der Waals surface area contributed by atoms with Crippen molar-refractivity contribution < 1.29 is 23.1 Å². The molecule has 0 unspecified atom stereocenters. The van der Waals surface area contributed by atoms with Gasteiger partial charge in [0.15, 0.2) is 0 Å². The molecular weight excluding hydrogens is 398 g/mol. The van der Waals surface area contributed by atoms with Gasteiger partial charge in [-0.2, -0.15) is 0 Å². The van der Waals surface area contributed by atoms with Gasteiger partial charge in [0.25, 0.3) is 0 Å². The Balaban J connectivity index is 1.69. The summed E-state index contributed by atoms with van der Waals surface area (Å²) in [6.45, 7) is 5.70. The van der Waals surface area contributed by atoms with Crippen LogP contribution in [0.2, 0.25) is 0 Å². The highest BCUT2D eigenvalue weighted by Crippen LogP contribution is 2.31. The lowest BCUT2D eigenvalue weighted by atomic mass is 10.0. The lowest BCUT2D eigenvalue weighted by Gasteiger charge is -2.11. The number of benzene rings is 2. The smallest absolute Gasteiger partial charge is 0.340 e. The molecule has 2 aromatic heterocycles. The normalized spacial score (nSPS) is 11.1. The third kappa shape index (κ3) is 3.74. The molecule has 0 aliphatic carbocycles. The van der Waals surface area contributed by atoms with E-state index in [1.807, 2.05) is 26.8 Å². The number of carbonyl (C=O) groups excluding carboxylic acids is 1. The summed E-state index contributed by atoms with van der Waals surface area (Å²) in [5.74, 6) is 1.57. The molecule has 2 heterocycles. The van der Waals surface area contributed by atoms with Crippen LogP contribution in [0, 0.1) is 20.8 Å². The zero-order valence-electron chi connectivity index (χ0n) is 18.0. The molecule has 4 aromatic rings. The maximum absolute atomic E-state index is 12.7. The molecule has 2 aromatic carbocycles. The van der Waals surface area contributed by atoms with E-state index in [1.54, 1.807) is 24.3 Å². The molecule has 0 radical (unpaired) electrons. The van der Waals surface area contributed by atoms with Gasteiger partial charge < -0.3 is 23.6 Å². The molecule has 160 valence electrons. The number of furan rings is 1. The number of methoxy groups -OCH3 is 2. The fraction of sp³-hybridized carbons (Fsp3) is 0.250. The first kappa shape index (κ1) is 20.5. The van der Waals surface area contributed by atoms with E-state index in [1.165, 1.54) is 14.2 Å². The molecule has 0 saturated heterocycles. The average Bonchev–Trinajstić information content (AvgIpc) is 3.02. The first-order valence-electron chi connectivity index (χ1n) is 9.79. The number of hydrogen-bond acceptors (Lipinski definition) is 6. The van der Waals surface area contributed by atoms with Gasteiger partial charge >= 0.3 is 5.63 Å². The summed E-state index contributed by atoms with van der Waals surface area (Å²) in [5, 5.41) is 4.53. The number of aryl methyl sites for hydroxylation is 3. The summed E-state index contributed by atoms with van der Waals surface area (Å²) in [6.07, 6.45) is -0.120. The van der Waals surface area contributed by atoms with Crippen molar-refractivity contribution in [3.8, 4) is 11.5 Å². The van der Waals surface area contributed by atoms with E-state index in [-0.39, 0.29) is 12.3 Å². The van der Waals surface area contributed by atoms with Crippen LogP contribution < -0.4 is 20.4 Å². The highest BCUT2D eigenvalue weighted by atomic mass is 16.5. The highest BCUT2D eigenvalue weighted by Gasteiger charge is 2.18. The fourth-order valence-corrected chi connectivity index (χ4v) is 3.67. The van der Waals surface area contributed by atoms with E-state index in [9.17, 15) is 9.59 Å². The van der Waals surface area contributed by atoms with Crippen molar-refractivity contribution in [2.45, 2.75) is 27.2 Å². The summed E-state index contributed by atoms with van der Waals surface area (Å²) in [7, 11) is 3.06. The zero-order chi connectivity index (χ0) is 22.3. The maximum Gasteiger partial charge on any atom is 0.340 e. The number of carbonyl (C=O) groups is 1. The number of nitrogens with one attached hydrogen (secondary N) is 1. The second-order valence-electron chi connectivity index (χ2n) is 7.45. The lowest BCUT2D eigenvalue weighted by molar-refractivity contribution is -0.115. The van der Waals surface area contributed by atoms with Crippen molar-refractivity contribution in [1.29, 1.82) is 0 Å². The van der Waals surface area contributed by atoms with Gasteiger partial charge in [-0.05, 0) is 38.0 Å². The second kappa shape index (κ2) is 7.83. The van der Waals surface area contributed by atoms with E-state index in [2.05, 4.69) is 5.32 Å². The van der Waals surface area contributed by atoms with E-state index >= 15 is 0 Å². The van der Waals surface area contributed by atoms with Crippen molar-refractivity contribution in [1.82, 2.24) is 0 Å². The first-order valence-corrected chi connectivity index (χ1v) is 9.79. The molecule has 0 spiro atoms. The molecule has 7 heteroatoms. The van der Waals surface area contributed by atoms with E-state index < -0.39 is 5.63 Å². The van der Waals surface area contributed by atoms with Gasteiger partial charge in [0.05, 0.1) is 26.2 Å². The fourth-order valence-electron chi connectivity index (χ4n) is 3.67. The minimum absolute atomic E-state index is 0.120. The lowest BCUT2D eigenvalue weighted by Crippen LogP contribution is -2.20. The van der Waals surface area contributed by atoms with Crippen LogP contribution in [0.4, 0.5) is 5.69 Å². The van der Waals surface area contributed by atoms with Crippen LogP contribution in [0.5, 0.6) is 11.5 Å². The first-order chi connectivity index (χ1) is 14.8. The Morgan fingerprint density at radius 3 is 2.13 bits per heavy atom. The van der Waals surface area contributed by atoms with E-state index in [0.717, 1.165) is 22.1 Å². The number of fused-ring (bicyclic) bond motifs is 2. The number of anilines is 1. The molecule has 0 bridgehead atoms. The second-order valence-corrected chi connectivity index (χ2v) is 7.45. The van der Waals surface area contributed by atoms with Crippen LogP contribution in [0.25, 0.3) is 21.9 Å². The van der Waals surface area contributed by atoms with Gasteiger partial charge in [-0.1, -0.05) is 0 Å². The Labute approximate surface area is 178 Å². The van der Waals surface area contributed by atoms with Crippen molar-refractivity contribution in [3.05, 3.63) is 63.2 Å². The van der Waals surface area contributed by atoms with E-state index in [4.69, 9.17) is 18.3 Å². The third-order valence-corrected chi connectivity index (χ3v) is 5.56. The Hall–Kier alpha value is -3.74. The Bertz CT molecular complexity index is 1360. The molecular formula is C24H23NO6. The molecule has 1 amide bonds. The molecule has 4 rings (SSSR count). The highest BCUT2D eigenvalue weighted by molar-refractivity contribution is 5.98. The van der Waals surface area contributed by atoms with E-state index in [0.29, 0.717) is 39.5 Å². The molecule has 0 saturated carbocycles. The summed E-state index contributed by atoms with van der Waals surface area (Å²) in [5.41, 5.74) is 3.14. The monoisotopic (exact) mass is 421 g/mol. The predicted molar refractivity (Wildman–Crippen MR) is 118 cm³/mol. The van der Waals surface area contributed by atoms with Gasteiger partial charge in [-0.25, -0.2) is 4.79 Å². The average molecular weight is 421 g/mol. The number of amides is 1. The van der Waals surface area contributed by atoms with Crippen LogP contribution in [-0.2, 0) is 11.2 Å². The molecule has 1 N–H and O–H groups in total. The maximum atomic E-state index is 12.7. The van der Waals surface area contributed by atoms with Crippen molar-refractivity contribution >= 4 is 33.5 Å². The summed E-state index contributed by atoms with van der Waals surface area (Å²) >= 11 is 0. The van der Waals surface area contributed by atoms with Gasteiger partial charge in [0.1, 0.15) is 28.4 Å². The summed E-state index contributed by atoms with van der Waals surface area (Å²) in [6, 6.07) is 8.74. The Kier molecular flexibility index (Phi) is 5.19. The number of hydrogen-bond donors (Lipinski definition) is 1. The minimum atomic E-state index is -0.539. The van der Waals surface area contributed by atoms with Gasteiger partial charge in [0.2, 0.25) is 5.91 Å². The predicted octanol–water partition coefficient (Wildman–Crippen LogP) is 4.66. The molecule has 31 heavy (non-hydrogen) atoms. The minimum Gasteiger partial charge on any atom is -0.497 e. The van der Waals surface area contributed by atoms with Gasteiger partial charge in [-0.15, -0.1) is 0 Å². The summed E-state index contributed by atoms with van der Waals surface area (Å²) in [4.78, 5) is 25.3. The van der Waals surface area contributed by atoms with Crippen molar-refractivity contribution in [2.75, 3.05) is 19.5 Å². The Morgan fingerprint density at radius 2 is 1.48 bits per heavy atom. The van der Waals surface area contributed by atoms with Crippen molar-refractivity contribution in [3.63, 3.8) is 0 Å². The quantitative estimate of drug-likeness (QED) is 0.471. The molecule has 0 atom stereocenters. The van der Waals surface area contributed by atoms with Crippen LogP contribution in [0.1, 0.15) is 22.5 Å². The van der Waals surface area contributed by atoms with Crippen LogP contribution in [-0.4, -0.2) is 20.1 Å². The van der Waals surface area contributed by atoms with Crippen molar-refractivity contribution in [2.24, 2.45) is 0 Å². The standard InChI is InChI=1S/C24H23NO6/c1-12-14(3)30-21-11-22-19(9-18(12)21)13(2)20(24(27)31-22)10-23(26)25-15-6-16(28-4)8-17(7-15)29-5/h6-9,11H,10H2,1-5H3,(H,25,26). The summed E-state index contributed by atoms with van der Waals surface area (Å²) < 4.78 is 21.7. The SMILES string of the molecule is COc1cc(NC(=O)Cc2c(C)c3cc4c(C)c(C)oc4cc3oc2=O)cc(OC)c1. The molecule has 0 aliphatic heterocycles.